The highest BCUT2D eigenvalue weighted by Crippen LogP contribution is 2.43. The summed E-state index contributed by atoms with van der Waals surface area (Å²) in [6, 6.07) is 0. The van der Waals surface area contributed by atoms with E-state index in [2.05, 4.69) is 15.1 Å². The maximum absolute atomic E-state index is 6.55. The number of hydrogen-bond acceptors (Lipinski definition) is 3. The molecule has 0 aromatic carbocycles. The minimum Gasteiger partial charge on any atom is -0.272 e. The van der Waals surface area contributed by atoms with Gasteiger partial charge in [-0.15, -0.1) is 4.00 Å². The lowest BCUT2D eigenvalue weighted by molar-refractivity contribution is -0.592. The fraction of sp³-hybridized carbons (Fsp3) is 0.357. The molecule has 0 spiro atoms. The number of allylic oxidation sites excluding steroid dienone is 2. The lowest BCUT2D eigenvalue weighted by atomic mass is 9.84. The molecule has 0 saturated heterocycles. The largest absolute Gasteiger partial charge is 0.272 e. The molecule has 102 valence electrons. The zero-order valence-electron chi connectivity index (χ0n) is 11.2. The first-order chi connectivity index (χ1) is 9.69. The quantitative estimate of drug-likeness (QED) is 0.733. The minimum absolute atomic E-state index is 0.102. The molecular weight excluding hydrogens is 274 g/mol. The van der Waals surface area contributed by atoms with Gasteiger partial charge in [-0.25, -0.2) is 0 Å². The Morgan fingerprint density at radius 3 is 3.25 bits per heavy atom. The zero-order chi connectivity index (χ0) is 13.7. The molecule has 1 aromatic heterocycles. The Balaban J connectivity index is 1.84. The predicted molar refractivity (Wildman–Crippen MR) is 78.2 cm³/mol. The van der Waals surface area contributed by atoms with Crippen molar-refractivity contribution in [2.75, 3.05) is 0 Å². The molecule has 0 fully saturated rings. The van der Waals surface area contributed by atoms with Crippen molar-refractivity contribution in [2.24, 2.45) is 17.0 Å². The lowest BCUT2D eigenvalue weighted by Gasteiger charge is -2.23. The van der Waals surface area contributed by atoms with Crippen molar-refractivity contribution in [3.8, 4) is 0 Å². The van der Waals surface area contributed by atoms with E-state index in [4.69, 9.17) is 11.8 Å². The summed E-state index contributed by atoms with van der Waals surface area (Å²) in [5, 5.41) is 4.40. The van der Waals surface area contributed by atoms with Gasteiger partial charge in [-0.1, -0.05) is 0 Å². The number of aryl methyl sites for hydroxylation is 1. The standard InChI is InChI=1S/C14H15ClN5/c1-19-12-4-2-3-10(11(12)7-18-19)14-13-8-16-5-6-20(13,15)9-17-14/h5-10H,2-4H2,1H3/q+1. The molecule has 0 bridgehead atoms. The van der Waals surface area contributed by atoms with Gasteiger partial charge in [0.05, 0.1) is 18.6 Å². The molecule has 1 aliphatic carbocycles. The van der Waals surface area contributed by atoms with Gasteiger partial charge >= 0.3 is 0 Å². The SMILES string of the molecule is Cn1ncc2c1CCCC2C1=C2C=NC=C[N+]2(Cl)C=N1. The van der Waals surface area contributed by atoms with Gasteiger partial charge in [0.2, 0.25) is 12.0 Å². The van der Waals surface area contributed by atoms with Crippen LogP contribution in [0.4, 0.5) is 0 Å². The molecule has 2 unspecified atom stereocenters. The van der Waals surface area contributed by atoms with E-state index in [9.17, 15) is 0 Å². The Morgan fingerprint density at radius 2 is 2.35 bits per heavy atom. The van der Waals surface area contributed by atoms with E-state index >= 15 is 0 Å². The van der Waals surface area contributed by atoms with E-state index in [1.54, 1.807) is 12.5 Å². The second-order valence-corrected chi connectivity index (χ2v) is 5.95. The molecule has 20 heavy (non-hydrogen) atoms. The normalized spacial score (nSPS) is 30.8. The summed E-state index contributed by atoms with van der Waals surface area (Å²) in [5.74, 6) is 0.274. The number of fused-ring (bicyclic) bond motifs is 2. The number of hydrogen-bond donors (Lipinski definition) is 0. The minimum atomic E-state index is 0.102. The Hall–Kier alpha value is -1.72. The van der Waals surface area contributed by atoms with Crippen molar-refractivity contribution in [3.05, 3.63) is 41.2 Å². The van der Waals surface area contributed by atoms with Gasteiger partial charge in [-0.2, -0.15) is 10.1 Å². The van der Waals surface area contributed by atoms with Crippen LogP contribution in [0.25, 0.3) is 0 Å². The molecule has 6 heteroatoms. The van der Waals surface area contributed by atoms with Crippen LogP contribution in [0.15, 0.2) is 40.0 Å². The average Bonchev–Trinajstić information content (AvgIpc) is 3.00. The van der Waals surface area contributed by atoms with Crippen LogP contribution in [0.3, 0.4) is 0 Å². The molecule has 0 saturated carbocycles. The molecule has 4 rings (SSSR count). The number of aliphatic imine (C=N–C) groups is 2. The van der Waals surface area contributed by atoms with Gasteiger partial charge in [0.15, 0.2) is 11.8 Å². The van der Waals surface area contributed by atoms with Crippen LogP contribution < -0.4 is 0 Å². The van der Waals surface area contributed by atoms with Gasteiger partial charge in [-0.3, -0.25) is 9.67 Å². The first-order valence-corrected chi connectivity index (χ1v) is 7.12. The summed E-state index contributed by atoms with van der Waals surface area (Å²) in [6.45, 7) is 0. The summed E-state index contributed by atoms with van der Waals surface area (Å²) in [6.07, 6.45) is 12.4. The number of halogens is 1. The van der Waals surface area contributed by atoms with E-state index in [1.165, 1.54) is 11.3 Å². The number of nitrogens with zero attached hydrogens (tertiary/aromatic N) is 5. The van der Waals surface area contributed by atoms with E-state index < -0.39 is 0 Å². The second kappa shape index (κ2) is 4.14. The van der Waals surface area contributed by atoms with E-state index in [-0.39, 0.29) is 9.92 Å². The zero-order valence-corrected chi connectivity index (χ0v) is 12.0. The first-order valence-electron chi connectivity index (χ1n) is 6.79. The Kier molecular flexibility index (Phi) is 2.49. The van der Waals surface area contributed by atoms with Gasteiger partial charge in [0.25, 0.3) is 0 Å². The third kappa shape index (κ3) is 1.57. The molecule has 0 N–H and O–H groups in total. The van der Waals surface area contributed by atoms with Crippen molar-refractivity contribution in [3.63, 3.8) is 0 Å². The molecule has 3 heterocycles. The van der Waals surface area contributed by atoms with Crippen LogP contribution in [0.1, 0.15) is 30.0 Å². The van der Waals surface area contributed by atoms with Crippen molar-refractivity contribution in [2.45, 2.75) is 25.2 Å². The highest BCUT2D eigenvalue weighted by Gasteiger charge is 2.41. The summed E-state index contributed by atoms with van der Waals surface area (Å²) >= 11 is 6.55. The van der Waals surface area contributed by atoms with Crippen LogP contribution in [0.5, 0.6) is 0 Å². The van der Waals surface area contributed by atoms with Gasteiger partial charge in [0, 0.05) is 24.2 Å². The molecule has 0 amide bonds. The maximum Gasteiger partial charge on any atom is 0.218 e. The number of quaternary nitrogens is 1. The smallest absolute Gasteiger partial charge is 0.218 e. The van der Waals surface area contributed by atoms with Gasteiger partial charge < -0.3 is 0 Å². The fourth-order valence-corrected chi connectivity index (χ4v) is 3.46. The van der Waals surface area contributed by atoms with Crippen molar-refractivity contribution in [1.29, 1.82) is 0 Å². The number of rotatable bonds is 1. The van der Waals surface area contributed by atoms with Crippen LogP contribution >= 0.6 is 11.8 Å². The van der Waals surface area contributed by atoms with E-state index in [1.807, 2.05) is 30.3 Å². The van der Waals surface area contributed by atoms with Gasteiger partial charge in [0.1, 0.15) is 11.9 Å². The summed E-state index contributed by atoms with van der Waals surface area (Å²) < 4.78 is 2.08. The summed E-state index contributed by atoms with van der Waals surface area (Å²) in [5.41, 5.74) is 4.58. The third-order valence-electron chi connectivity index (χ3n) is 4.27. The fourth-order valence-electron chi connectivity index (χ4n) is 3.23. The molecule has 2 aliphatic heterocycles. The molecule has 1 aromatic rings. The Morgan fingerprint density at radius 1 is 1.45 bits per heavy atom. The molecular formula is C14H15ClN5+. The van der Waals surface area contributed by atoms with E-state index in [0.29, 0.717) is 0 Å². The predicted octanol–water partition coefficient (Wildman–Crippen LogP) is 2.62. The van der Waals surface area contributed by atoms with Crippen molar-refractivity contribution >= 4 is 24.3 Å². The summed E-state index contributed by atoms with van der Waals surface area (Å²) in [7, 11) is 2.00. The second-order valence-electron chi connectivity index (χ2n) is 5.39. The lowest BCUT2D eigenvalue weighted by Crippen LogP contribution is -2.29. The van der Waals surface area contributed by atoms with Crippen LogP contribution in [-0.4, -0.2) is 26.3 Å². The Labute approximate surface area is 122 Å². The maximum atomic E-state index is 6.55. The molecule has 3 aliphatic rings. The van der Waals surface area contributed by atoms with Crippen LogP contribution in [0, 0.1) is 0 Å². The molecule has 5 nitrogen and oxygen atoms in total. The topological polar surface area (TPSA) is 42.5 Å². The van der Waals surface area contributed by atoms with Crippen molar-refractivity contribution < 1.29 is 4.00 Å². The van der Waals surface area contributed by atoms with E-state index in [0.717, 1.165) is 30.7 Å². The number of aromatic nitrogens is 2. The third-order valence-corrected chi connectivity index (χ3v) is 4.65. The Bertz CT molecular complexity index is 696. The highest BCUT2D eigenvalue weighted by molar-refractivity contribution is 6.14. The van der Waals surface area contributed by atoms with Gasteiger partial charge in [-0.05, 0) is 19.3 Å². The van der Waals surface area contributed by atoms with Crippen LogP contribution in [-0.2, 0) is 13.5 Å². The monoisotopic (exact) mass is 288 g/mol. The van der Waals surface area contributed by atoms with Crippen molar-refractivity contribution in [1.82, 2.24) is 9.78 Å². The highest BCUT2D eigenvalue weighted by atomic mass is 35.5. The first kappa shape index (κ1) is 12.1. The molecule has 0 radical (unpaired) electrons. The summed E-state index contributed by atoms with van der Waals surface area (Å²) in [4.78, 5) is 8.81. The average molecular weight is 289 g/mol. The molecule has 2 atom stereocenters. The van der Waals surface area contributed by atoms with Crippen LogP contribution in [0.2, 0.25) is 0 Å².